The van der Waals surface area contributed by atoms with Gasteiger partial charge in [0.1, 0.15) is 18.1 Å². The third kappa shape index (κ3) is 3.20. The summed E-state index contributed by atoms with van der Waals surface area (Å²) in [6.07, 6.45) is 0. The third-order valence-corrected chi connectivity index (χ3v) is 3.27. The summed E-state index contributed by atoms with van der Waals surface area (Å²) < 4.78 is 10.8. The Balaban J connectivity index is 1.68. The van der Waals surface area contributed by atoms with Gasteiger partial charge in [0, 0.05) is 17.3 Å². The molecule has 0 saturated heterocycles. The van der Waals surface area contributed by atoms with Crippen LogP contribution in [0, 0.1) is 0 Å². The number of hydrogen-bond donors (Lipinski definition) is 2. The van der Waals surface area contributed by atoms with Gasteiger partial charge in [-0.2, -0.15) is 5.10 Å². The van der Waals surface area contributed by atoms with Gasteiger partial charge in [-0.3, -0.25) is 5.10 Å². The van der Waals surface area contributed by atoms with Crippen molar-refractivity contribution >= 4 is 5.69 Å². The van der Waals surface area contributed by atoms with Gasteiger partial charge in [0.05, 0.1) is 18.5 Å². The number of anilines is 1. The van der Waals surface area contributed by atoms with E-state index in [1.54, 1.807) is 13.2 Å². The molecule has 1 aromatic heterocycles. The van der Waals surface area contributed by atoms with Crippen molar-refractivity contribution in [2.45, 2.75) is 6.61 Å². The van der Waals surface area contributed by atoms with Crippen molar-refractivity contribution in [3.63, 3.8) is 0 Å². The highest BCUT2D eigenvalue weighted by atomic mass is 16.5. The number of benzene rings is 2. The predicted octanol–water partition coefficient (Wildman–Crippen LogP) is 3.25. The Bertz CT molecular complexity index is 751. The van der Waals surface area contributed by atoms with E-state index in [1.165, 1.54) is 0 Å². The van der Waals surface area contributed by atoms with E-state index in [0.29, 0.717) is 12.3 Å². The SMILES string of the molecule is COc1ccc(-c2cc(COc3cccc(N)c3)[nH]n2)cc1. The number of aromatic nitrogens is 2. The molecule has 3 aromatic rings. The highest BCUT2D eigenvalue weighted by Crippen LogP contribution is 2.22. The Morgan fingerprint density at radius 2 is 1.86 bits per heavy atom. The first-order valence-corrected chi connectivity index (χ1v) is 6.91. The molecule has 2 aromatic carbocycles. The van der Waals surface area contributed by atoms with Crippen LogP contribution in [0.5, 0.6) is 11.5 Å². The van der Waals surface area contributed by atoms with Crippen molar-refractivity contribution in [3.8, 4) is 22.8 Å². The lowest BCUT2D eigenvalue weighted by Gasteiger charge is -2.04. The van der Waals surface area contributed by atoms with E-state index in [-0.39, 0.29) is 0 Å². The van der Waals surface area contributed by atoms with E-state index in [9.17, 15) is 0 Å². The number of hydrogen-bond acceptors (Lipinski definition) is 4. The van der Waals surface area contributed by atoms with Crippen LogP contribution in [0.3, 0.4) is 0 Å². The number of methoxy groups -OCH3 is 1. The molecule has 112 valence electrons. The summed E-state index contributed by atoms with van der Waals surface area (Å²) >= 11 is 0. The van der Waals surface area contributed by atoms with Crippen LogP contribution < -0.4 is 15.2 Å². The molecule has 0 bridgehead atoms. The molecule has 5 heteroatoms. The first-order valence-electron chi connectivity index (χ1n) is 6.91. The van der Waals surface area contributed by atoms with Crippen LogP contribution in [0.15, 0.2) is 54.6 Å². The molecule has 0 aliphatic carbocycles. The molecule has 0 aliphatic heterocycles. The maximum atomic E-state index is 5.72. The van der Waals surface area contributed by atoms with Crippen LogP contribution in [-0.4, -0.2) is 17.3 Å². The minimum absolute atomic E-state index is 0.409. The zero-order valence-corrected chi connectivity index (χ0v) is 12.2. The zero-order chi connectivity index (χ0) is 15.4. The molecule has 1 heterocycles. The number of nitrogens with two attached hydrogens (primary N) is 1. The summed E-state index contributed by atoms with van der Waals surface area (Å²) in [4.78, 5) is 0. The Morgan fingerprint density at radius 1 is 1.05 bits per heavy atom. The standard InChI is InChI=1S/C17H17N3O2/c1-21-15-7-5-12(6-8-15)17-10-14(19-20-17)11-22-16-4-2-3-13(18)9-16/h2-10H,11,18H2,1H3,(H,19,20). The minimum atomic E-state index is 0.409. The Hall–Kier alpha value is -2.95. The van der Waals surface area contributed by atoms with Crippen LogP contribution in [0.2, 0.25) is 0 Å². The number of nitrogen functional groups attached to an aromatic ring is 1. The summed E-state index contributed by atoms with van der Waals surface area (Å²) in [5.74, 6) is 1.56. The number of H-pyrrole nitrogens is 1. The molecule has 0 aliphatic rings. The summed E-state index contributed by atoms with van der Waals surface area (Å²) in [7, 11) is 1.65. The summed E-state index contributed by atoms with van der Waals surface area (Å²) in [6, 6.07) is 17.1. The number of rotatable bonds is 5. The summed E-state index contributed by atoms with van der Waals surface area (Å²) in [5.41, 5.74) is 9.19. The van der Waals surface area contributed by atoms with Gasteiger partial charge in [-0.15, -0.1) is 0 Å². The number of nitrogens with one attached hydrogen (secondary N) is 1. The lowest BCUT2D eigenvalue weighted by molar-refractivity contribution is 0.301. The van der Waals surface area contributed by atoms with Crippen molar-refractivity contribution in [2.75, 3.05) is 12.8 Å². The molecule has 3 rings (SSSR count). The van der Waals surface area contributed by atoms with E-state index in [2.05, 4.69) is 10.2 Å². The fourth-order valence-electron chi connectivity index (χ4n) is 2.11. The zero-order valence-electron chi connectivity index (χ0n) is 12.2. The van der Waals surface area contributed by atoms with Crippen LogP contribution in [0.25, 0.3) is 11.3 Å². The molecule has 0 spiro atoms. The Labute approximate surface area is 128 Å². The molecule has 0 radical (unpaired) electrons. The maximum Gasteiger partial charge on any atom is 0.130 e. The van der Waals surface area contributed by atoms with Crippen LogP contribution in [0.4, 0.5) is 5.69 Å². The van der Waals surface area contributed by atoms with E-state index >= 15 is 0 Å². The summed E-state index contributed by atoms with van der Waals surface area (Å²) in [5, 5.41) is 7.28. The molecule has 0 amide bonds. The quantitative estimate of drug-likeness (QED) is 0.709. The first kappa shape index (κ1) is 14.0. The molecule has 5 nitrogen and oxygen atoms in total. The van der Waals surface area contributed by atoms with Crippen molar-refractivity contribution in [1.82, 2.24) is 10.2 Å². The van der Waals surface area contributed by atoms with E-state index in [0.717, 1.165) is 28.5 Å². The first-order chi connectivity index (χ1) is 10.7. The second-order valence-electron chi connectivity index (χ2n) is 4.87. The molecular formula is C17H17N3O2. The van der Waals surface area contributed by atoms with Crippen LogP contribution in [-0.2, 0) is 6.61 Å². The lowest BCUT2D eigenvalue weighted by atomic mass is 10.1. The van der Waals surface area contributed by atoms with Gasteiger partial charge in [-0.1, -0.05) is 6.07 Å². The van der Waals surface area contributed by atoms with Gasteiger partial charge in [0.25, 0.3) is 0 Å². The molecule has 22 heavy (non-hydrogen) atoms. The molecule has 3 N–H and O–H groups in total. The fraction of sp³-hybridized carbons (Fsp3) is 0.118. The van der Waals surface area contributed by atoms with Crippen molar-refractivity contribution in [2.24, 2.45) is 0 Å². The predicted molar refractivity (Wildman–Crippen MR) is 85.8 cm³/mol. The Morgan fingerprint density at radius 3 is 2.59 bits per heavy atom. The van der Waals surface area contributed by atoms with Crippen LogP contribution >= 0.6 is 0 Å². The van der Waals surface area contributed by atoms with Crippen molar-refractivity contribution in [1.29, 1.82) is 0 Å². The van der Waals surface area contributed by atoms with Crippen molar-refractivity contribution in [3.05, 3.63) is 60.3 Å². The fourth-order valence-corrected chi connectivity index (χ4v) is 2.11. The number of ether oxygens (including phenoxy) is 2. The van der Waals surface area contributed by atoms with E-state index in [4.69, 9.17) is 15.2 Å². The molecule has 0 unspecified atom stereocenters. The monoisotopic (exact) mass is 295 g/mol. The third-order valence-electron chi connectivity index (χ3n) is 3.27. The number of nitrogens with zero attached hydrogens (tertiary/aromatic N) is 1. The smallest absolute Gasteiger partial charge is 0.130 e. The molecule has 0 fully saturated rings. The minimum Gasteiger partial charge on any atom is -0.497 e. The van der Waals surface area contributed by atoms with E-state index in [1.807, 2.05) is 48.5 Å². The van der Waals surface area contributed by atoms with Gasteiger partial charge in [-0.25, -0.2) is 0 Å². The molecule has 0 saturated carbocycles. The highest BCUT2D eigenvalue weighted by molar-refractivity contribution is 5.60. The average molecular weight is 295 g/mol. The van der Waals surface area contributed by atoms with Gasteiger partial charge >= 0.3 is 0 Å². The normalized spacial score (nSPS) is 10.4. The second-order valence-corrected chi connectivity index (χ2v) is 4.87. The van der Waals surface area contributed by atoms with Gasteiger partial charge in [0.2, 0.25) is 0 Å². The van der Waals surface area contributed by atoms with Gasteiger partial charge in [0.15, 0.2) is 0 Å². The summed E-state index contributed by atoms with van der Waals surface area (Å²) in [6.45, 7) is 0.409. The van der Waals surface area contributed by atoms with E-state index < -0.39 is 0 Å². The highest BCUT2D eigenvalue weighted by Gasteiger charge is 2.05. The lowest BCUT2D eigenvalue weighted by Crippen LogP contribution is -1.96. The Kier molecular flexibility index (Phi) is 3.96. The van der Waals surface area contributed by atoms with Gasteiger partial charge < -0.3 is 15.2 Å². The van der Waals surface area contributed by atoms with Crippen LogP contribution in [0.1, 0.15) is 5.69 Å². The topological polar surface area (TPSA) is 73.2 Å². The van der Waals surface area contributed by atoms with Gasteiger partial charge in [-0.05, 0) is 42.5 Å². The number of aromatic amines is 1. The maximum absolute atomic E-state index is 5.72. The largest absolute Gasteiger partial charge is 0.497 e. The average Bonchev–Trinajstić information content (AvgIpc) is 3.02. The van der Waals surface area contributed by atoms with Crippen molar-refractivity contribution < 1.29 is 9.47 Å². The second kappa shape index (κ2) is 6.22. The molecule has 0 atom stereocenters. The molecular weight excluding hydrogens is 278 g/mol.